The van der Waals surface area contributed by atoms with E-state index < -0.39 is 0 Å². The number of rotatable bonds is 7. The first-order valence-electron chi connectivity index (χ1n) is 7.46. The minimum absolute atomic E-state index is 0.0492. The van der Waals surface area contributed by atoms with Crippen molar-refractivity contribution in [3.05, 3.63) is 57.8 Å². The second-order valence-electron chi connectivity index (χ2n) is 4.97. The van der Waals surface area contributed by atoms with Gasteiger partial charge in [-0.1, -0.05) is 18.2 Å². The average Bonchev–Trinajstić information content (AvgIpc) is 3.12. The van der Waals surface area contributed by atoms with Crippen LogP contribution in [0, 0.1) is 0 Å². The van der Waals surface area contributed by atoms with Crippen LogP contribution in [0.25, 0.3) is 0 Å². The van der Waals surface area contributed by atoms with Crippen LogP contribution in [0.5, 0.6) is 0 Å². The molecule has 0 unspecified atom stereocenters. The second kappa shape index (κ2) is 8.45. The van der Waals surface area contributed by atoms with E-state index in [0.717, 1.165) is 5.56 Å². The normalized spacial score (nSPS) is 10.3. The lowest BCUT2D eigenvalue weighted by Crippen LogP contribution is -2.33. The fourth-order valence-electron chi connectivity index (χ4n) is 2.15. The Morgan fingerprint density at radius 3 is 2.52 bits per heavy atom. The third-order valence-electron chi connectivity index (χ3n) is 3.44. The van der Waals surface area contributed by atoms with E-state index in [4.69, 9.17) is 5.11 Å². The van der Waals surface area contributed by atoms with Gasteiger partial charge in [-0.2, -0.15) is 0 Å². The van der Waals surface area contributed by atoms with Crippen molar-refractivity contribution in [1.82, 2.24) is 10.2 Å². The Balaban J connectivity index is 1.94. The Labute approximate surface area is 139 Å². The number of nitrogens with zero attached hydrogens (tertiary/aromatic N) is 1. The zero-order chi connectivity index (χ0) is 16.7. The summed E-state index contributed by atoms with van der Waals surface area (Å²) in [5.41, 5.74) is 1.50. The molecule has 1 aromatic carbocycles. The number of aliphatic hydroxyl groups excluding tert-OH is 1. The van der Waals surface area contributed by atoms with E-state index in [9.17, 15) is 9.59 Å². The van der Waals surface area contributed by atoms with E-state index in [1.54, 1.807) is 23.1 Å². The SMILES string of the molecule is CCN(CCO)C(=O)c1ccc(CNC(=O)c2cccs2)cc1. The molecular formula is C17H20N2O3S. The quantitative estimate of drug-likeness (QED) is 0.816. The summed E-state index contributed by atoms with van der Waals surface area (Å²) in [4.78, 5) is 26.4. The van der Waals surface area contributed by atoms with Gasteiger partial charge in [-0.15, -0.1) is 11.3 Å². The van der Waals surface area contributed by atoms with E-state index in [0.29, 0.717) is 30.1 Å². The number of amides is 2. The number of hydrogen-bond acceptors (Lipinski definition) is 4. The molecule has 0 saturated carbocycles. The van der Waals surface area contributed by atoms with Gasteiger partial charge in [-0.05, 0) is 36.1 Å². The van der Waals surface area contributed by atoms with Gasteiger partial charge >= 0.3 is 0 Å². The smallest absolute Gasteiger partial charge is 0.261 e. The summed E-state index contributed by atoms with van der Waals surface area (Å²) in [5, 5.41) is 13.7. The fourth-order valence-corrected chi connectivity index (χ4v) is 2.79. The predicted molar refractivity (Wildman–Crippen MR) is 90.6 cm³/mol. The van der Waals surface area contributed by atoms with Crippen molar-refractivity contribution in [3.8, 4) is 0 Å². The number of benzene rings is 1. The lowest BCUT2D eigenvalue weighted by Gasteiger charge is -2.19. The molecule has 1 heterocycles. The molecule has 2 amide bonds. The first-order valence-corrected chi connectivity index (χ1v) is 8.34. The van der Waals surface area contributed by atoms with Crippen molar-refractivity contribution >= 4 is 23.2 Å². The van der Waals surface area contributed by atoms with Gasteiger partial charge in [0.2, 0.25) is 0 Å². The molecule has 23 heavy (non-hydrogen) atoms. The Morgan fingerprint density at radius 1 is 1.22 bits per heavy atom. The Morgan fingerprint density at radius 2 is 1.96 bits per heavy atom. The minimum Gasteiger partial charge on any atom is -0.395 e. The highest BCUT2D eigenvalue weighted by Gasteiger charge is 2.13. The van der Waals surface area contributed by atoms with E-state index >= 15 is 0 Å². The third-order valence-corrected chi connectivity index (χ3v) is 4.31. The number of carbonyl (C=O) groups is 2. The van der Waals surface area contributed by atoms with Crippen LogP contribution in [0.3, 0.4) is 0 Å². The van der Waals surface area contributed by atoms with Crippen LogP contribution >= 0.6 is 11.3 Å². The molecule has 2 rings (SSSR count). The number of hydrogen-bond donors (Lipinski definition) is 2. The summed E-state index contributed by atoms with van der Waals surface area (Å²) in [6, 6.07) is 10.8. The summed E-state index contributed by atoms with van der Waals surface area (Å²) in [6.45, 7) is 3.12. The molecule has 2 aromatic rings. The summed E-state index contributed by atoms with van der Waals surface area (Å²) < 4.78 is 0. The molecule has 1 aromatic heterocycles. The van der Waals surface area contributed by atoms with Gasteiger partial charge in [-0.3, -0.25) is 9.59 Å². The van der Waals surface area contributed by atoms with E-state index in [1.165, 1.54) is 11.3 Å². The Kier molecular flexibility index (Phi) is 6.31. The molecule has 2 N–H and O–H groups in total. The Bertz CT molecular complexity index is 638. The summed E-state index contributed by atoms with van der Waals surface area (Å²) >= 11 is 1.40. The van der Waals surface area contributed by atoms with Gasteiger partial charge in [0.25, 0.3) is 11.8 Å². The van der Waals surface area contributed by atoms with Gasteiger partial charge < -0.3 is 15.3 Å². The summed E-state index contributed by atoms with van der Waals surface area (Å²) in [5.74, 6) is -0.198. The van der Waals surface area contributed by atoms with Crippen molar-refractivity contribution in [1.29, 1.82) is 0 Å². The summed E-state index contributed by atoms with van der Waals surface area (Å²) in [7, 11) is 0. The van der Waals surface area contributed by atoms with Gasteiger partial charge in [-0.25, -0.2) is 0 Å². The molecule has 5 nitrogen and oxygen atoms in total. The topological polar surface area (TPSA) is 69.6 Å². The lowest BCUT2D eigenvalue weighted by atomic mass is 10.1. The highest BCUT2D eigenvalue weighted by molar-refractivity contribution is 7.12. The van der Waals surface area contributed by atoms with Crippen LogP contribution in [0.15, 0.2) is 41.8 Å². The lowest BCUT2D eigenvalue weighted by molar-refractivity contribution is 0.0731. The van der Waals surface area contributed by atoms with E-state index in [2.05, 4.69) is 5.32 Å². The number of nitrogens with one attached hydrogen (secondary N) is 1. The molecule has 0 saturated heterocycles. The van der Waals surface area contributed by atoms with Crippen molar-refractivity contribution < 1.29 is 14.7 Å². The molecule has 0 spiro atoms. The van der Waals surface area contributed by atoms with Crippen LogP contribution in [-0.4, -0.2) is 41.5 Å². The molecule has 0 bridgehead atoms. The maximum Gasteiger partial charge on any atom is 0.261 e. The third kappa shape index (κ3) is 4.64. The van der Waals surface area contributed by atoms with E-state index in [-0.39, 0.29) is 18.4 Å². The molecular weight excluding hydrogens is 312 g/mol. The predicted octanol–water partition coefficient (Wildman–Crippen LogP) is 2.13. The molecule has 0 radical (unpaired) electrons. The van der Waals surface area contributed by atoms with Gasteiger partial charge in [0.05, 0.1) is 11.5 Å². The standard InChI is InChI=1S/C17H20N2O3S/c1-2-19(9-10-20)17(22)14-7-5-13(6-8-14)12-18-16(21)15-4-3-11-23-15/h3-8,11,20H,2,9-10,12H2,1H3,(H,18,21). The van der Waals surface area contributed by atoms with E-state index in [1.807, 2.05) is 30.5 Å². The van der Waals surface area contributed by atoms with Crippen LogP contribution in [-0.2, 0) is 6.54 Å². The fraction of sp³-hybridized carbons (Fsp3) is 0.294. The monoisotopic (exact) mass is 332 g/mol. The van der Waals surface area contributed by atoms with Gasteiger partial charge in [0, 0.05) is 25.2 Å². The van der Waals surface area contributed by atoms with Gasteiger partial charge in [0.1, 0.15) is 0 Å². The largest absolute Gasteiger partial charge is 0.395 e. The van der Waals surface area contributed by atoms with Crippen molar-refractivity contribution in [3.63, 3.8) is 0 Å². The van der Waals surface area contributed by atoms with Crippen molar-refractivity contribution in [2.45, 2.75) is 13.5 Å². The molecule has 0 fully saturated rings. The zero-order valence-corrected chi connectivity index (χ0v) is 13.8. The van der Waals surface area contributed by atoms with Crippen LogP contribution in [0.1, 0.15) is 32.5 Å². The maximum atomic E-state index is 12.2. The molecule has 122 valence electrons. The Hall–Kier alpha value is -2.18. The molecule has 6 heteroatoms. The minimum atomic E-state index is -0.101. The molecule has 0 aliphatic heterocycles. The van der Waals surface area contributed by atoms with Crippen LogP contribution in [0.4, 0.5) is 0 Å². The van der Waals surface area contributed by atoms with Gasteiger partial charge in [0.15, 0.2) is 0 Å². The molecule has 0 aliphatic rings. The summed E-state index contributed by atoms with van der Waals surface area (Å²) in [6.07, 6.45) is 0. The average molecular weight is 332 g/mol. The second-order valence-corrected chi connectivity index (χ2v) is 5.91. The molecule has 0 aliphatic carbocycles. The number of aliphatic hydroxyl groups is 1. The van der Waals surface area contributed by atoms with Crippen LogP contribution < -0.4 is 5.32 Å². The van der Waals surface area contributed by atoms with Crippen molar-refractivity contribution in [2.75, 3.05) is 19.7 Å². The maximum absolute atomic E-state index is 12.2. The number of thiophene rings is 1. The first-order chi connectivity index (χ1) is 11.2. The highest BCUT2D eigenvalue weighted by Crippen LogP contribution is 2.10. The van der Waals surface area contributed by atoms with Crippen molar-refractivity contribution in [2.24, 2.45) is 0 Å². The zero-order valence-electron chi connectivity index (χ0n) is 13.0. The van der Waals surface area contributed by atoms with Crippen LogP contribution in [0.2, 0.25) is 0 Å². The molecule has 0 atom stereocenters. The first kappa shape index (κ1) is 17.2. The highest BCUT2D eigenvalue weighted by atomic mass is 32.1. The number of likely N-dealkylation sites (N-methyl/N-ethyl adjacent to an activating group) is 1. The number of carbonyl (C=O) groups excluding carboxylic acids is 2.